The summed E-state index contributed by atoms with van der Waals surface area (Å²) in [5, 5.41) is 2.82. The van der Waals surface area contributed by atoms with Gasteiger partial charge in [0.2, 0.25) is 5.91 Å². The number of carbonyl (C=O) groups is 1. The third-order valence-electron chi connectivity index (χ3n) is 1.81. The molecule has 0 unspecified atom stereocenters. The van der Waals surface area contributed by atoms with Gasteiger partial charge < -0.3 is 14.8 Å². The molecule has 0 bridgehead atoms. The standard InChI is InChI=1S/C11H23NO3/c1-10(2)12-11(13)6-9-15-8-5-4-7-14-3/h10H,4-9H2,1-3H3,(H,12,13). The van der Waals surface area contributed by atoms with Gasteiger partial charge in [-0.05, 0) is 26.7 Å². The Morgan fingerprint density at radius 3 is 2.47 bits per heavy atom. The van der Waals surface area contributed by atoms with E-state index in [1.807, 2.05) is 13.8 Å². The number of nitrogens with one attached hydrogen (secondary N) is 1. The minimum absolute atomic E-state index is 0.0573. The van der Waals surface area contributed by atoms with Crippen LogP contribution in [-0.4, -0.2) is 38.9 Å². The predicted molar refractivity (Wildman–Crippen MR) is 59.8 cm³/mol. The molecule has 0 saturated heterocycles. The molecule has 1 amide bonds. The third kappa shape index (κ3) is 11.3. The molecule has 0 fully saturated rings. The van der Waals surface area contributed by atoms with Crippen molar-refractivity contribution in [3.8, 4) is 0 Å². The predicted octanol–water partition coefficient (Wildman–Crippen LogP) is 1.34. The van der Waals surface area contributed by atoms with Crippen molar-refractivity contribution in [2.45, 2.75) is 39.2 Å². The van der Waals surface area contributed by atoms with Gasteiger partial charge in [0.05, 0.1) is 6.61 Å². The molecule has 90 valence electrons. The molecule has 0 heterocycles. The second-order valence-corrected chi connectivity index (χ2v) is 3.78. The molecule has 15 heavy (non-hydrogen) atoms. The topological polar surface area (TPSA) is 47.6 Å². The van der Waals surface area contributed by atoms with Crippen LogP contribution >= 0.6 is 0 Å². The summed E-state index contributed by atoms with van der Waals surface area (Å²) in [4.78, 5) is 11.2. The highest BCUT2D eigenvalue weighted by atomic mass is 16.5. The van der Waals surface area contributed by atoms with E-state index in [1.54, 1.807) is 7.11 Å². The van der Waals surface area contributed by atoms with Crippen LogP contribution in [0, 0.1) is 0 Å². The Balaban J connectivity index is 3.13. The average molecular weight is 217 g/mol. The van der Waals surface area contributed by atoms with Gasteiger partial charge in [-0.2, -0.15) is 0 Å². The highest BCUT2D eigenvalue weighted by Crippen LogP contribution is 1.92. The molecule has 0 aliphatic heterocycles. The molecule has 4 heteroatoms. The maximum Gasteiger partial charge on any atom is 0.222 e. The molecule has 0 rings (SSSR count). The number of ether oxygens (including phenoxy) is 2. The Hall–Kier alpha value is -0.610. The number of unbranched alkanes of at least 4 members (excludes halogenated alkanes) is 1. The lowest BCUT2D eigenvalue weighted by Gasteiger charge is -2.08. The van der Waals surface area contributed by atoms with Crippen LogP contribution in [-0.2, 0) is 14.3 Å². The zero-order valence-electron chi connectivity index (χ0n) is 10.0. The lowest BCUT2D eigenvalue weighted by atomic mass is 10.3. The monoisotopic (exact) mass is 217 g/mol. The first-order valence-electron chi connectivity index (χ1n) is 5.53. The summed E-state index contributed by atoms with van der Waals surface area (Å²) >= 11 is 0. The van der Waals surface area contributed by atoms with Gasteiger partial charge in [0, 0.05) is 32.8 Å². The first kappa shape index (κ1) is 14.4. The first-order chi connectivity index (χ1) is 7.16. The fourth-order valence-electron chi connectivity index (χ4n) is 1.11. The van der Waals surface area contributed by atoms with Crippen LogP contribution in [0.5, 0.6) is 0 Å². The SMILES string of the molecule is COCCCCOCCC(=O)NC(C)C. The van der Waals surface area contributed by atoms with E-state index in [2.05, 4.69) is 5.32 Å². The number of rotatable bonds is 9. The molecule has 0 aromatic rings. The Labute approximate surface area is 92.3 Å². The fraction of sp³-hybridized carbons (Fsp3) is 0.909. The molecule has 0 radical (unpaired) electrons. The first-order valence-corrected chi connectivity index (χ1v) is 5.53. The fourth-order valence-corrected chi connectivity index (χ4v) is 1.11. The molecule has 0 aliphatic rings. The van der Waals surface area contributed by atoms with Crippen LogP contribution in [0.25, 0.3) is 0 Å². The molecule has 0 spiro atoms. The zero-order valence-corrected chi connectivity index (χ0v) is 10.0. The molecule has 0 aromatic carbocycles. The highest BCUT2D eigenvalue weighted by Gasteiger charge is 2.02. The number of hydrogen-bond acceptors (Lipinski definition) is 3. The Morgan fingerprint density at radius 1 is 1.20 bits per heavy atom. The van der Waals surface area contributed by atoms with Gasteiger partial charge in [-0.25, -0.2) is 0 Å². The summed E-state index contributed by atoms with van der Waals surface area (Å²) in [5.41, 5.74) is 0. The summed E-state index contributed by atoms with van der Waals surface area (Å²) < 4.78 is 10.2. The smallest absolute Gasteiger partial charge is 0.222 e. The van der Waals surface area contributed by atoms with Crippen molar-refractivity contribution in [1.29, 1.82) is 0 Å². The van der Waals surface area contributed by atoms with E-state index in [4.69, 9.17) is 9.47 Å². The van der Waals surface area contributed by atoms with Crippen LogP contribution in [0.4, 0.5) is 0 Å². The molecule has 4 nitrogen and oxygen atoms in total. The van der Waals surface area contributed by atoms with Gasteiger partial charge in [-0.1, -0.05) is 0 Å². The van der Waals surface area contributed by atoms with E-state index in [0.29, 0.717) is 19.6 Å². The molecule has 1 N–H and O–H groups in total. The second-order valence-electron chi connectivity index (χ2n) is 3.78. The summed E-state index contributed by atoms with van der Waals surface area (Å²) in [6.45, 7) is 5.88. The van der Waals surface area contributed by atoms with Crippen LogP contribution in [0.1, 0.15) is 33.1 Å². The maximum atomic E-state index is 11.2. The number of methoxy groups -OCH3 is 1. The van der Waals surface area contributed by atoms with E-state index < -0.39 is 0 Å². The summed E-state index contributed by atoms with van der Waals surface area (Å²) in [6.07, 6.45) is 2.44. The van der Waals surface area contributed by atoms with Crippen molar-refractivity contribution in [3.63, 3.8) is 0 Å². The molecule has 0 atom stereocenters. The maximum absolute atomic E-state index is 11.2. The van der Waals surface area contributed by atoms with Crippen LogP contribution in [0.3, 0.4) is 0 Å². The van der Waals surface area contributed by atoms with Gasteiger partial charge in [-0.15, -0.1) is 0 Å². The van der Waals surface area contributed by atoms with E-state index in [1.165, 1.54) is 0 Å². The Morgan fingerprint density at radius 2 is 1.87 bits per heavy atom. The lowest BCUT2D eigenvalue weighted by Crippen LogP contribution is -2.30. The Kier molecular flexibility index (Phi) is 9.52. The van der Waals surface area contributed by atoms with Crippen LogP contribution in [0.2, 0.25) is 0 Å². The summed E-state index contributed by atoms with van der Waals surface area (Å²) in [7, 11) is 1.69. The van der Waals surface area contributed by atoms with E-state index in [9.17, 15) is 4.79 Å². The zero-order chi connectivity index (χ0) is 11.5. The van der Waals surface area contributed by atoms with Crippen molar-refractivity contribution >= 4 is 5.91 Å². The summed E-state index contributed by atoms with van der Waals surface area (Å²) in [6, 6.07) is 0.208. The van der Waals surface area contributed by atoms with Gasteiger partial charge >= 0.3 is 0 Å². The van der Waals surface area contributed by atoms with Gasteiger partial charge in [0.25, 0.3) is 0 Å². The normalized spacial score (nSPS) is 10.7. The number of carbonyl (C=O) groups excluding carboxylic acids is 1. The molecule has 0 aliphatic carbocycles. The highest BCUT2D eigenvalue weighted by molar-refractivity contribution is 5.76. The number of hydrogen-bond donors (Lipinski definition) is 1. The molecular weight excluding hydrogens is 194 g/mol. The van der Waals surface area contributed by atoms with Gasteiger partial charge in [-0.3, -0.25) is 4.79 Å². The van der Waals surface area contributed by atoms with Crippen molar-refractivity contribution in [2.75, 3.05) is 26.9 Å². The van der Waals surface area contributed by atoms with Crippen molar-refractivity contribution in [1.82, 2.24) is 5.32 Å². The van der Waals surface area contributed by atoms with E-state index in [0.717, 1.165) is 19.4 Å². The van der Waals surface area contributed by atoms with Crippen LogP contribution < -0.4 is 5.32 Å². The minimum Gasteiger partial charge on any atom is -0.385 e. The number of amides is 1. The third-order valence-corrected chi connectivity index (χ3v) is 1.81. The molecular formula is C11H23NO3. The second kappa shape index (κ2) is 9.93. The average Bonchev–Trinajstić information content (AvgIpc) is 2.15. The van der Waals surface area contributed by atoms with Crippen molar-refractivity contribution in [3.05, 3.63) is 0 Å². The van der Waals surface area contributed by atoms with Gasteiger partial charge in [0.15, 0.2) is 0 Å². The minimum atomic E-state index is 0.0573. The molecule has 0 aromatic heterocycles. The van der Waals surface area contributed by atoms with Crippen molar-refractivity contribution < 1.29 is 14.3 Å². The Bertz CT molecular complexity index is 160. The van der Waals surface area contributed by atoms with E-state index in [-0.39, 0.29) is 11.9 Å². The largest absolute Gasteiger partial charge is 0.385 e. The molecule has 0 saturated carbocycles. The lowest BCUT2D eigenvalue weighted by molar-refractivity contribution is -0.122. The van der Waals surface area contributed by atoms with E-state index >= 15 is 0 Å². The quantitative estimate of drug-likeness (QED) is 0.593. The van der Waals surface area contributed by atoms with Gasteiger partial charge in [0.1, 0.15) is 0 Å². The van der Waals surface area contributed by atoms with Crippen LogP contribution in [0.15, 0.2) is 0 Å². The summed E-state index contributed by atoms with van der Waals surface area (Å²) in [5.74, 6) is 0.0573. The van der Waals surface area contributed by atoms with Crippen molar-refractivity contribution in [2.24, 2.45) is 0 Å².